The third kappa shape index (κ3) is 5.68. The van der Waals surface area contributed by atoms with Crippen molar-refractivity contribution in [3.05, 3.63) is 41.5 Å². The zero-order valence-electron chi connectivity index (χ0n) is 21.4. The quantitative estimate of drug-likeness (QED) is 0.125. The van der Waals surface area contributed by atoms with Crippen LogP contribution >= 0.6 is 0 Å². The van der Waals surface area contributed by atoms with E-state index in [1.54, 1.807) is 17.4 Å². The van der Waals surface area contributed by atoms with Crippen LogP contribution in [-0.2, 0) is 26.2 Å². The van der Waals surface area contributed by atoms with Crippen LogP contribution in [0.5, 0.6) is 0 Å². The van der Waals surface area contributed by atoms with Crippen LogP contribution in [0.15, 0.2) is 40.3 Å². The number of benzene rings is 2. The predicted molar refractivity (Wildman–Crippen MR) is 144 cm³/mol. The number of aliphatic hydroxyl groups is 1. The topological polar surface area (TPSA) is 149 Å². The van der Waals surface area contributed by atoms with Crippen molar-refractivity contribution in [2.24, 2.45) is 10.9 Å². The van der Waals surface area contributed by atoms with Crippen molar-refractivity contribution in [2.75, 3.05) is 32.7 Å². The predicted octanol–water partition coefficient (Wildman–Crippen LogP) is 1.12. The zero-order chi connectivity index (χ0) is 27.1. The summed E-state index contributed by atoms with van der Waals surface area (Å²) in [4.78, 5) is 24.9. The van der Waals surface area contributed by atoms with E-state index in [0.29, 0.717) is 48.7 Å². The molecule has 2 heterocycles. The molecule has 0 saturated carbocycles. The van der Waals surface area contributed by atoms with Gasteiger partial charge in [0.2, 0.25) is 6.41 Å². The lowest BCUT2D eigenvalue weighted by Crippen LogP contribution is -2.57. The van der Waals surface area contributed by atoms with Gasteiger partial charge >= 0.3 is 0 Å². The van der Waals surface area contributed by atoms with Crippen LogP contribution in [-0.4, -0.2) is 85.6 Å². The summed E-state index contributed by atoms with van der Waals surface area (Å²) in [7, 11) is -4.29. The summed E-state index contributed by atoms with van der Waals surface area (Å²) < 4.78 is 30.3. The fourth-order valence-electron chi connectivity index (χ4n) is 5.83. The summed E-state index contributed by atoms with van der Waals surface area (Å²) in [6, 6.07) is 9.02. The highest BCUT2D eigenvalue weighted by atomic mass is 32.2. The van der Waals surface area contributed by atoms with Crippen molar-refractivity contribution in [3.63, 3.8) is 0 Å². The molecule has 0 radical (unpaired) electrons. The number of aldehydes is 1. The summed E-state index contributed by atoms with van der Waals surface area (Å²) >= 11 is 0. The smallest absolute Gasteiger partial charge is 0.257 e. The van der Waals surface area contributed by atoms with Gasteiger partial charge in [0, 0.05) is 43.7 Å². The number of rotatable bonds is 11. The molecule has 2 aliphatic heterocycles. The molecular weight excluding hydrogens is 508 g/mol. The van der Waals surface area contributed by atoms with Gasteiger partial charge in [-0.15, -0.1) is 4.41 Å². The number of piperidine rings is 2. The van der Waals surface area contributed by atoms with Crippen molar-refractivity contribution < 1.29 is 23.1 Å². The van der Waals surface area contributed by atoms with E-state index in [2.05, 4.69) is 10.4 Å². The number of fused-ring (bicyclic) bond motifs is 1. The van der Waals surface area contributed by atoms with Crippen molar-refractivity contribution in [3.8, 4) is 0 Å². The first-order chi connectivity index (χ1) is 18.5. The number of carbonyl (C=O) groups is 2. The molecule has 12 heteroatoms. The third-order valence-electron chi connectivity index (χ3n) is 7.50. The second-order valence-electron chi connectivity index (χ2n) is 9.77. The van der Waals surface area contributed by atoms with Crippen LogP contribution in [0.3, 0.4) is 0 Å². The van der Waals surface area contributed by atoms with E-state index in [-0.39, 0.29) is 29.9 Å². The summed E-state index contributed by atoms with van der Waals surface area (Å²) in [6.07, 6.45) is 6.64. The highest BCUT2D eigenvalue weighted by Gasteiger charge is 2.39. The van der Waals surface area contributed by atoms with Crippen LogP contribution in [0.4, 0.5) is 0 Å². The number of nitrogens with one attached hydrogen (secondary N) is 1. The number of sulfonamides is 1. The van der Waals surface area contributed by atoms with Gasteiger partial charge in [-0.05, 0) is 48.1 Å². The minimum absolute atomic E-state index is 0.0461. The first-order valence-electron chi connectivity index (χ1n) is 13.0. The average molecular weight is 545 g/mol. The first-order valence-corrected chi connectivity index (χ1v) is 14.4. The van der Waals surface area contributed by atoms with E-state index >= 15 is 0 Å². The molecule has 2 unspecified atom stereocenters. The monoisotopic (exact) mass is 544 g/mol. The molecule has 0 aromatic heterocycles. The van der Waals surface area contributed by atoms with Gasteiger partial charge in [-0.1, -0.05) is 30.7 Å². The molecule has 206 valence electrons. The number of nitrogens with two attached hydrogens (primary N) is 1. The Balaban J connectivity index is 1.90. The maximum atomic E-state index is 14.6. The number of nitrogens with zero attached hydrogens (tertiary/aromatic N) is 4. The molecule has 4 rings (SSSR count). The standard InChI is InChI=1S/C26H36N6O5S/c27-29-18-30-10-5-7-21(16-30)24-14-20-6-1-2-9-23(20)25(17-34)26(24)38(36,37)32(12-13-33)31-11-4-3-8-22(31)15-28-19-35/h1-2,6,9,13-14,18-19,21-22,34H,3-5,7-8,10-12,15-17,27H2,(H,28,35). The minimum atomic E-state index is -4.29. The molecule has 0 spiro atoms. The summed E-state index contributed by atoms with van der Waals surface area (Å²) in [5.74, 6) is 5.23. The number of aliphatic hydroxyl groups excluding tert-OH is 1. The van der Waals surface area contributed by atoms with Crippen LogP contribution in [0.1, 0.15) is 49.1 Å². The second kappa shape index (κ2) is 12.7. The molecule has 38 heavy (non-hydrogen) atoms. The fraction of sp³-hybridized carbons (Fsp3) is 0.500. The Morgan fingerprint density at radius 3 is 2.71 bits per heavy atom. The Morgan fingerprint density at radius 1 is 1.16 bits per heavy atom. The van der Waals surface area contributed by atoms with Crippen molar-refractivity contribution >= 4 is 39.8 Å². The number of hydrazone groups is 1. The van der Waals surface area contributed by atoms with Gasteiger partial charge in [0.05, 0.1) is 18.0 Å². The Bertz CT molecular complexity index is 1270. The zero-order valence-corrected chi connectivity index (χ0v) is 22.2. The normalized spacial score (nSPS) is 21.3. The van der Waals surface area contributed by atoms with E-state index < -0.39 is 16.6 Å². The van der Waals surface area contributed by atoms with E-state index in [0.717, 1.165) is 42.0 Å². The Labute approximate surface area is 223 Å². The highest BCUT2D eigenvalue weighted by molar-refractivity contribution is 7.89. The SMILES string of the molecule is NN=CN1CCCC(c2cc3ccccc3c(CO)c2S(=O)(=O)N(CC=O)N2CCCCC2CNC=O)C1. The van der Waals surface area contributed by atoms with Gasteiger partial charge in [0.25, 0.3) is 10.0 Å². The van der Waals surface area contributed by atoms with Crippen LogP contribution in [0.25, 0.3) is 10.8 Å². The number of carbonyl (C=O) groups excluding carboxylic acids is 2. The molecular formula is C26H36N6O5S. The molecule has 2 aliphatic rings. The van der Waals surface area contributed by atoms with Gasteiger partial charge in [0.15, 0.2) is 0 Å². The molecule has 2 aromatic carbocycles. The summed E-state index contributed by atoms with van der Waals surface area (Å²) in [6.45, 7) is 1.13. The minimum Gasteiger partial charge on any atom is -0.392 e. The second-order valence-corrected chi connectivity index (χ2v) is 11.5. The van der Waals surface area contributed by atoms with Crippen LogP contribution in [0.2, 0.25) is 0 Å². The van der Waals surface area contributed by atoms with Gasteiger partial charge in [0.1, 0.15) is 12.6 Å². The third-order valence-corrected chi connectivity index (χ3v) is 9.41. The molecule has 2 fully saturated rings. The van der Waals surface area contributed by atoms with E-state index in [1.165, 1.54) is 0 Å². The Kier molecular flexibility index (Phi) is 9.31. The van der Waals surface area contributed by atoms with E-state index in [1.807, 2.05) is 29.2 Å². The first kappa shape index (κ1) is 28.0. The number of likely N-dealkylation sites (tertiary alicyclic amines) is 1. The van der Waals surface area contributed by atoms with Crippen LogP contribution < -0.4 is 11.2 Å². The van der Waals surface area contributed by atoms with Gasteiger partial charge in [-0.3, -0.25) is 4.79 Å². The van der Waals surface area contributed by atoms with Gasteiger partial charge < -0.3 is 26.0 Å². The molecule has 0 aliphatic carbocycles. The number of amides is 1. The number of hydrogen-bond donors (Lipinski definition) is 3. The van der Waals surface area contributed by atoms with Crippen molar-refractivity contribution in [1.82, 2.24) is 19.6 Å². The molecule has 4 N–H and O–H groups in total. The Hall–Kier alpha value is -3.06. The number of hydrazine groups is 1. The molecule has 2 saturated heterocycles. The molecule has 11 nitrogen and oxygen atoms in total. The molecule has 0 bridgehead atoms. The molecule has 2 atom stereocenters. The largest absolute Gasteiger partial charge is 0.392 e. The lowest BCUT2D eigenvalue weighted by atomic mass is 9.87. The lowest BCUT2D eigenvalue weighted by Gasteiger charge is -2.42. The average Bonchev–Trinajstić information content (AvgIpc) is 2.94. The summed E-state index contributed by atoms with van der Waals surface area (Å²) in [5, 5.41) is 20.1. The van der Waals surface area contributed by atoms with E-state index in [4.69, 9.17) is 5.84 Å². The van der Waals surface area contributed by atoms with Gasteiger partial charge in [-0.25, -0.2) is 13.4 Å². The maximum Gasteiger partial charge on any atom is 0.257 e. The fourth-order valence-corrected chi connectivity index (χ4v) is 7.80. The maximum absolute atomic E-state index is 14.6. The molecule has 1 amide bonds. The van der Waals surface area contributed by atoms with Crippen molar-refractivity contribution in [2.45, 2.75) is 55.6 Å². The van der Waals surface area contributed by atoms with Crippen molar-refractivity contribution in [1.29, 1.82) is 0 Å². The van der Waals surface area contributed by atoms with Crippen LogP contribution in [0, 0.1) is 0 Å². The lowest BCUT2D eigenvalue weighted by molar-refractivity contribution is -0.113. The number of hydrogen-bond acceptors (Lipinski definition) is 8. The van der Waals surface area contributed by atoms with E-state index in [9.17, 15) is 23.1 Å². The van der Waals surface area contributed by atoms with Gasteiger partial charge in [-0.2, -0.15) is 5.10 Å². The summed E-state index contributed by atoms with van der Waals surface area (Å²) in [5.41, 5.74) is 0.927. The molecule has 2 aromatic rings. The highest BCUT2D eigenvalue weighted by Crippen LogP contribution is 2.39. The Morgan fingerprint density at radius 2 is 1.97 bits per heavy atom.